The lowest BCUT2D eigenvalue weighted by Crippen LogP contribution is -2.33. The molecule has 180 valence electrons. The minimum absolute atomic E-state index is 0.0371. The fourth-order valence-corrected chi connectivity index (χ4v) is 5.04. The summed E-state index contributed by atoms with van der Waals surface area (Å²) >= 11 is 0. The molecule has 0 radical (unpaired) electrons. The SMILES string of the molecule is COc1cc([C@@H]2c3cc4c(cc3C[C@H]3COC(=O)[C@@H]32)OCO4)cc(OC)c1OC(=O)NC(C)C. The lowest BCUT2D eigenvalue weighted by atomic mass is 9.67. The minimum atomic E-state index is -0.616. The fourth-order valence-electron chi connectivity index (χ4n) is 5.04. The molecule has 1 aliphatic carbocycles. The zero-order chi connectivity index (χ0) is 24.0. The van der Waals surface area contributed by atoms with Gasteiger partial charge in [-0.15, -0.1) is 0 Å². The third-order valence-corrected chi connectivity index (χ3v) is 6.47. The van der Waals surface area contributed by atoms with Crippen molar-refractivity contribution in [1.29, 1.82) is 0 Å². The molecule has 0 saturated carbocycles. The van der Waals surface area contributed by atoms with Crippen LogP contribution in [0.25, 0.3) is 0 Å². The first-order valence-electron chi connectivity index (χ1n) is 11.2. The van der Waals surface area contributed by atoms with Gasteiger partial charge in [0.15, 0.2) is 23.0 Å². The van der Waals surface area contributed by atoms with E-state index >= 15 is 0 Å². The second kappa shape index (κ2) is 8.62. The molecule has 9 nitrogen and oxygen atoms in total. The Labute approximate surface area is 197 Å². The maximum atomic E-state index is 12.8. The largest absolute Gasteiger partial charge is 0.493 e. The molecular formula is C25H27NO8. The first-order chi connectivity index (χ1) is 16.4. The molecule has 2 aliphatic heterocycles. The lowest BCUT2D eigenvalue weighted by Gasteiger charge is -2.34. The third kappa shape index (κ3) is 3.74. The van der Waals surface area contributed by atoms with E-state index in [1.165, 1.54) is 14.2 Å². The summed E-state index contributed by atoms with van der Waals surface area (Å²) < 4.78 is 33.3. The molecule has 9 heteroatoms. The number of hydrogen-bond acceptors (Lipinski definition) is 8. The first kappa shape index (κ1) is 22.2. The number of benzene rings is 2. The van der Waals surface area contributed by atoms with Crippen molar-refractivity contribution < 1.29 is 38.0 Å². The highest BCUT2D eigenvalue weighted by Gasteiger charge is 2.48. The summed E-state index contributed by atoms with van der Waals surface area (Å²) in [6.45, 7) is 4.21. The van der Waals surface area contributed by atoms with Gasteiger partial charge < -0.3 is 33.7 Å². The number of cyclic esters (lactones) is 1. The van der Waals surface area contributed by atoms with Gasteiger partial charge in [-0.1, -0.05) is 0 Å². The minimum Gasteiger partial charge on any atom is -0.493 e. The molecule has 1 N–H and O–H groups in total. The smallest absolute Gasteiger partial charge is 0.413 e. The number of ether oxygens (including phenoxy) is 6. The van der Waals surface area contributed by atoms with Gasteiger partial charge in [0.2, 0.25) is 12.5 Å². The van der Waals surface area contributed by atoms with Crippen LogP contribution in [0.3, 0.4) is 0 Å². The van der Waals surface area contributed by atoms with E-state index in [9.17, 15) is 9.59 Å². The van der Waals surface area contributed by atoms with Crippen molar-refractivity contribution in [3.8, 4) is 28.7 Å². The Balaban J connectivity index is 1.62. The summed E-state index contributed by atoms with van der Waals surface area (Å²) in [5.74, 6) is 1.29. The van der Waals surface area contributed by atoms with Crippen molar-refractivity contribution in [3.63, 3.8) is 0 Å². The van der Waals surface area contributed by atoms with Crippen LogP contribution in [0.5, 0.6) is 28.7 Å². The fraction of sp³-hybridized carbons (Fsp3) is 0.440. The van der Waals surface area contributed by atoms with Gasteiger partial charge in [0.05, 0.1) is 26.7 Å². The van der Waals surface area contributed by atoms with Gasteiger partial charge in [0, 0.05) is 17.9 Å². The summed E-state index contributed by atoms with van der Waals surface area (Å²) in [5.41, 5.74) is 2.85. The van der Waals surface area contributed by atoms with Crippen LogP contribution in [0.4, 0.5) is 4.79 Å². The maximum absolute atomic E-state index is 12.8. The van der Waals surface area contributed by atoms with Gasteiger partial charge in [0.25, 0.3) is 0 Å². The van der Waals surface area contributed by atoms with E-state index in [0.717, 1.165) is 16.7 Å². The summed E-state index contributed by atoms with van der Waals surface area (Å²) in [5, 5.41) is 2.69. The van der Waals surface area contributed by atoms with Gasteiger partial charge in [-0.3, -0.25) is 4.79 Å². The summed E-state index contributed by atoms with van der Waals surface area (Å²) in [7, 11) is 2.98. The van der Waals surface area contributed by atoms with E-state index in [1.807, 2.05) is 26.0 Å². The Bertz CT molecular complexity index is 1120. The highest BCUT2D eigenvalue weighted by atomic mass is 16.7. The van der Waals surface area contributed by atoms with Crippen LogP contribution >= 0.6 is 0 Å². The van der Waals surface area contributed by atoms with Crippen LogP contribution in [0.15, 0.2) is 24.3 Å². The van der Waals surface area contributed by atoms with Crippen molar-refractivity contribution in [2.24, 2.45) is 11.8 Å². The molecule has 3 atom stereocenters. The first-order valence-corrected chi connectivity index (χ1v) is 11.2. The van der Waals surface area contributed by atoms with E-state index in [1.54, 1.807) is 12.1 Å². The molecule has 2 heterocycles. The molecule has 0 bridgehead atoms. The zero-order valence-corrected chi connectivity index (χ0v) is 19.5. The van der Waals surface area contributed by atoms with Crippen LogP contribution in [-0.2, 0) is 16.0 Å². The maximum Gasteiger partial charge on any atom is 0.413 e. The molecular weight excluding hydrogens is 442 g/mol. The predicted octanol–water partition coefficient (Wildman–Crippen LogP) is 3.41. The van der Waals surface area contributed by atoms with E-state index in [4.69, 9.17) is 28.4 Å². The molecule has 1 amide bonds. The van der Waals surface area contributed by atoms with E-state index in [-0.39, 0.29) is 42.3 Å². The van der Waals surface area contributed by atoms with Crippen molar-refractivity contribution in [3.05, 3.63) is 41.0 Å². The lowest BCUT2D eigenvalue weighted by molar-refractivity contribution is -0.141. The molecule has 1 fully saturated rings. The van der Waals surface area contributed by atoms with Gasteiger partial charge in [-0.25, -0.2) is 4.79 Å². The number of carbonyl (C=O) groups is 2. The molecule has 2 aromatic carbocycles. The number of amides is 1. The molecule has 1 saturated heterocycles. The van der Waals surface area contributed by atoms with Gasteiger partial charge >= 0.3 is 12.1 Å². The summed E-state index contributed by atoms with van der Waals surface area (Å²) in [6.07, 6.45) is 0.0958. The average Bonchev–Trinajstić information content (AvgIpc) is 3.41. The number of nitrogens with one attached hydrogen (secondary N) is 1. The van der Waals surface area contributed by atoms with Crippen LogP contribution in [0.2, 0.25) is 0 Å². The Hall–Kier alpha value is -3.62. The highest BCUT2D eigenvalue weighted by molar-refractivity contribution is 5.79. The standard InChI is InChI=1S/C25H27NO8/c1-12(2)26-25(28)34-23-19(29-3)7-14(8-20(23)30-4)21-16-9-18-17(32-11-33-18)6-13(16)5-15-10-31-24(27)22(15)21/h6-9,12,15,21-22H,5,10-11H2,1-4H3,(H,26,28)/t15-,21+,22-/m0/s1. The number of esters is 1. The van der Waals surface area contributed by atoms with Crippen LogP contribution in [-0.4, -0.2) is 45.7 Å². The highest BCUT2D eigenvalue weighted by Crippen LogP contribution is 2.52. The van der Waals surface area contributed by atoms with Crippen LogP contribution < -0.4 is 29.0 Å². The van der Waals surface area contributed by atoms with Gasteiger partial charge in [-0.05, 0) is 61.2 Å². The Morgan fingerprint density at radius 3 is 2.35 bits per heavy atom. The zero-order valence-electron chi connectivity index (χ0n) is 19.5. The normalized spacial score (nSPS) is 22.0. The Kier molecular flexibility index (Phi) is 5.63. The number of methoxy groups -OCH3 is 2. The van der Waals surface area contributed by atoms with Crippen molar-refractivity contribution in [1.82, 2.24) is 5.32 Å². The quantitative estimate of drug-likeness (QED) is 0.665. The van der Waals surface area contributed by atoms with Gasteiger partial charge in [-0.2, -0.15) is 0 Å². The Morgan fingerprint density at radius 2 is 1.71 bits per heavy atom. The van der Waals surface area contributed by atoms with Crippen LogP contribution in [0.1, 0.15) is 36.5 Å². The second-order valence-corrected chi connectivity index (χ2v) is 8.95. The van der Waals surface area contributed by atoms with E-state index in [2.05, 4.69) is 5.32 Å². The summed E-state index contributed by atoms with van der Waals surface area (Å²) in [6, 6.07) is 7.41. The average molecular weight is 469 g/mol. The number of carbonyl (C=O) groups excluding carboxylic acids is 2. The van der Waals surface area contributed by atoms with Crippen molar-refractivity contribution >= 4 is 12.1 Å². The molecule has 0 spiro atoms. The third-order valence-electron chi connectivity index (χ3n) is 6.47. The monoisotopic (exact) mass is 469 g/mol. The number of rotatable bonds is 5. The molecule has 3 aliphatic rings. The van der Waals surface area contributed by atoms with Crippen molar-refractivity contribution in [2.75, 3.05) is 27.6 Å². The van der Waals surface area contributed by atoms with E-state index < -0.39 is 6.09 Å². The topological polar surface area (TPSA) is 102 Å². The Morgan fingerprint density at radius 1 is 1.03 bits per heavy atom. The van der Waals surface area contributed by atoms with Gasteiger partial charge in [0.1, 0.15) is 0 Å². The number of hydrogen-bond donors (Lipinski definition) is 1. The molecule has 5 rings (SSSR count). The molecule has 2 aromatic rings. The van der Waals surface area contributed by atoms with Crippen molar-refractivity contribution in [2.45, 2.75) is 32.2 Å². The number of fused-ring (bicyclic) bond motifs is 3. The van der Waals surface area contributed by atoms with E-state index in [0.29, 0.717) is 36.0 Å². The summed E-state index contributed by atoms with van der Waals surface area (Å²) in [4.78, 5) is 25.1. The predicted molar refractivity (Wildman–Crippen MR) is 120 cm³/mol. The second-order valence-electron chi connectivity index (χ2n) is 8.95. The molecule has 0 aromatic heterocycles. The molecule has 34 heavy (non-hydrogen) atoms. The van der Waals surface area contributed by atoms with Crippen LogP contribution in [0, 0.1) is 11.8 Å². The molecule has 0 unspecified atom stereocenters.